The molecule has 0 saturated heterocycles. The molecule has 2 rings (SSSR count). The Balaban J connectivity index is 2.10. The molecule has 17 heavy (non-hydrogen) atoms. The number of halogens is 1. The van der Waals surface area contributed by atoms with Crippen LogP contribution in [0.25, 0.3) is 0 Å². The third-order valence-corrected chi connectivity index (χ3v) is 3.85. The summed E-state index contributed by atoms with van der Waals surface area (Å²) in [5, 5.41) is 3.68. The SMILES string of the molecule is Cc1cnc(C)c(NC2CCCCCC2Cl)n1. The van der Waals surface area contributed by atoms with Crippen molar-refractivity contribution in [2.24, 2.45) is 0 Å². The Bertz CT molecular complexity index is 381. The summed E-state index contributed by atoms with van der Waals surface area (Å²) in [7, 11) is 0. The van der Waals surface area contributed by atoms with Crippen LogP contribution in [0.3, 0.4) is 0 Å². The van der Waals surface area contributed by atoms with Gasteiger partial charge < -0.3 is 5.32 Å². The van der Waals surface area contributed by atoms with Crippen molar-refractivity contribution in [2.45, 2.75) is 57.4 Å². The molecular weight excluding hydrogens is 234 g/mol. The van der Waals surface area contributed by atoms with Crippen molar-refractivity contribution in [3.63, 3.8) is 0 Å². The van der Waals surface area contributed by atoms with Crippen LogP contribution in [0.15, 0.2) is 6.20 Å². The van der Waals surface area contributed by atoms with Crippen molar-refractivity contribution in [1.82, 2.24) is 9.97 Å². The maximum absolute atomic E-state index is 6.42. The fraction of sp³-hybridized carbons (Fsp3) is 0.692. The van der Waals surface area contributed by atoms with Gasteiger partial charge in [-0.3, -0.25) is 4.98 Å². The van der Waals surface area contributed by atoms with Crippen LogP contribution in [0, 0.1) is 13.8 Å². The van der Waals surface area contributed by atoms with E-state index in [0.717, 1.165) is 30.0 Å². The Labute approximate surface area is 108 Å². The highest BCUT2D eigenvalue weighted by molar-refractivity contribution is 6.21. The normalized spacial score (nSPS) is 25.4. The lowest BCUT2D eigenvalue weighted by Crippen LogP contribution is -2.29. The summed E-state index contributed by atoms with van der Waals surface area (Å²) in [6.45, 7) is 3.94. The van der Waals surface area contributed by atoms with E-state index in [0.29, 0.717) is 6.04 Å². The molecule has 1 heterocycles. The summed E-state index contributed by atoms with van der Waals surface area (Å²) < 4.78 is 0. The maximum Gasteiger partial charge on any atom is 0.148 e. The fourth-order valence-electron chi connectivity index (χ4n) is 2.27. The van der Waals surface area contributed by atoms with Crippen LogP contribution in [0.2, 0.25) is 0 Å². The summed E-state index contributed by atoms with van der Waals surface area (Å²) >= 11 is 6.42. The van der Waals surface area contributed by atoms with Crippen LogP contribution >= 0.6 is 11.6 Å². The van der Waals surface area contributed by atoms with Gasteiger partial charge in [0.25, 0.3) is 0 Å². The van der Waals surface area contributed by atoms with E-state index < -0.39 is 0 Å². The summed E-state index contributed by atoms with van der Waals surface area (Å²) in [5.41, 5.74) is 1.89. The average Bonchev–Trinajstić information content (AvgIpc) is 2.50. The molecule has 1 aliphatic rings. The molecule has 4 heteroatoms. The van der Waals surface area contributed by atoms with Crippen LogP contribution in [-0.4, -0.2) is 21.4 Å². The van der Waals surface area contributed by atoms with Gasteiger partial charge in [0.05, 0.1) is 16.8 Å². The van der Waals surface area contributed by atoms with Crippen LogP contribution < -0.4 is 5.32 Å². The number of aryl methyl sites for hydroxylation is 2. The number of alkyl halides is 1. The Kier molecular flexibility index (Phi) is 4.21. The summed E-state index contributed by atoms with van der Waals surface area (Å²) in [4.78, 5) is 8.82. The summed E-state index contributed by atoms with van der Waals surface area (Å²) in [6, 6.07) is 0.328. The molecule has 1 saturated carbocycles. The standard InChI is InChI=1S/C13H20ClN3/c1-9-8-15-10(2)13(16-9)17-12-7-5-3-4-6-11(12)14/h8,11-12H,3-7H2,1-2H3,(H,16,17). The van der Waals surface area contributed by atoms with Crippen molar-refractivity contribution < 1.29 is 0 Å². The van der Waals surface area contributed by atoms with Crippen LogP contribution in [0.5, 0.6) is 0 Å². The lowest BCUT2D eigenvalue weighted by Gasteiger charge is -2.22. The molecule has 0 aromatic carbocycles. The maximum atomic E-state index is 6.42. The third-order valence-electron chi connectivity index (χ3n) is 3.33. The molecule has 1 aromatic heterocycles. The Morgan fingerprint density at radius 1 is 1.24 bits per heavy atom. The first kappa shape index (κ1) is 12.6. The van der Waals surface area contributed by atoms with Crippen molar-refractivity contribution >= 4 is 17.4 Å². The molecule has 2 unspecified atom stereocenters. The monoisotopic (exact) mass is 253 g/mol. The van der Waals surface area contributed by atoms with Crippen LogP contribution in [0.1, 0.15) is 43.5 Å². The number of hydrogen-bond acceptors (Lipinski definition) is 3. The summed E-state index contributed by atoms with van der Waals surface area (Å²) in [6.07, 6.45) is 7.80. The van der Waals surface area contributed by atoms with E-state index >= 15 is 0 Å². The predicted molar refractivity (Wildman–Crippen MR) is 71.6 cm³/mol. The topological polar surface area (TPSA) is 37.8 Å². The molecule has 1 aromatic rings. The number of rotatable bonds is 2. The zero-order chi connectivity index (χ0) is 12.3. The predicted octanol–water partition coefficient (Wildman–Crippen LogP) is 3.45. The van der Waals surface area contributed by atoms with E-state index in [1.807, 2.05) is 13.8 Å². The largest absolute Gasteiger partial charge is 0.364 e. The van der Waals surface area contributed by atoms with E-state index in [1.54, 1.807) is 6.20 Å². The van der Waals surface area contributed by atoms with E-state index in [-0.39, 0.29) is 5.38 Å². The first-order chi connectivity index (χ1) is 8.16. The number of aromatic nitrogens is 2. The molecule has 0 aliphatic heterocycles. The van der Waals surface area contributed by atoms with Gasteiger partial charge in [0.1, 0.15) is 5.82 Å². The van der Waals surface area contributed by atoms with Crippen molar-refractivity contribution in [1.29, 1.82) is 0 Å². The first-order valence-corrected chi connectivity index (χ1v) is 6.81. The van der Waals surface area contributed by atoms with Crippen molar-refractivity contribution in [3.05, 3.63) is 17.6 Å². The molecule has 1 fully saturated rings. The highest BCUT2D eigenvalue weighted by Gasteiger charge is 2.22. The van der Waals surface area contributed by atoms with E-state index in [1.165, 1.54) is 19.3 Å². The second kappa shape index (κ2) is 5.67. The molecule has 0 radical (unpaired) electrons. The number of nitrogens with one attached hydrogen (secondary N) is 1. The molecule has 1 aliphatic carbocycles. The number of anilines is 1. The van der Waals surface area contributed by atoms with E-state index in [9.17, 15) is 0 Å². The molecule has 3 nitrogen and oxygen atoms in total. The second-order valence-corrected chi connectivity index (χ2v) is 5.41. The minimum Gasteiger partial charge on any atom is -0.364 e. The zero-order valence-corrected chi connectivity index (χ0v) is 11.3. The van der Waals surface area contributed by atoms with Gasteiger partial charge in [-0.05, 0) is 26.7 Å². The quantitative estimate of drug-likeness (QED) is 0.648. The van der Waals surface area contributed by atoms with Gasteiger partial charge in [-0.15, -0.1) is 11.6 Å². The van der Waals surface area contributed by atoms with Gasteiger partial charge in [-0.2, -0.15) is 0 Å². The molecule has 0 amide bonds. The highest BCUT2D eigenvalue weighted by Crippen LogP contribution is 2.25. The van der Waals surface area contributed by atoms with Gasteiger partial charge in [-0.1, -0.05) is 19.3 Å². The minimum absolute atomic E-state index is 0.208. The van der Waals surface area contributed by atoms with Gasteiger partial charge in [0.15, 0.2) is 0 Å². The van der Waals surface area contributed by atoms with Crippen molar-refractivity contribution in [3.8, 4) is 0 Å². The van der Waals surface area contributed by atoms with Crippen molar-refractivity contribution in [2.75, 3.05) is 5.32 Å². The Morgan fingerprint density at radius 3 is 2.82 bits per heavy atom. The fourth-order valence-corrected chi connectivity index (χ4v) is 2.62. The van der Waals surface area contributed by atoms with Crippen LogP contribution in [0.4, 0.5) is 5.82 Å². The Morgan fingerprint density at radius 2 is 2.00 bits per heavy atom. The highest BCUT2D eigenvalue weighted by atomic mass is 35.5. The second-order valence-electron chi connectivity index (χ2n) is 4.85. The van der Waals surface area contributed by atoms with E-state index in [2.05, 4.69) is 15.3 Å². The van der Waals surface area contributed by atoms with Gasteiger partial charge in [-0.25, -0.2) is 4.98 Å². The smallest absolute Gasteiger partial charge is 0.148 e. The molecule has 1 N–H and O–H groups in total. The van der Waals surface area contributed by atoms with Gasteiger partial charge in [0.2, 0.25) is 0 Å². The molecular formula is C13H20ClN3. The lowest BCUT2D eigenvalue weighted by atomic mass is 10.1. The third kappa shape index (κ3) is 3.32. The number of hydrogen-bond donors (Lipinski definition) is 1. The molecule has 94 valence electrons. The number of nitrogens with zero attached hydrogens (tertiary/aromatic N) is 2. The lowest BCUT2D eigenvalue weighted by molar-refractivity contribution is 0.623. The molecule has 2 atom stereocenters. The average molecular weight is 254 g/mol. The van der Waals surface area contributed by atoms with Gasteiger partial charge >= 0.3 is 0 Å². The van der Waals surface area contributed by atoms with Gasteiger partial charge in [0, 0.05) is 12.2 Å². The molecule has 0 bridgehead atoms. The molecule has 0 spiro atoms. The minimum atomic E-state index is 0.208. The summed E-state index contributed by atoms with van der Waals surface area (Å²) in [5.74, 6) is 0.891. The Hall–Kier alpha value is -0.830. The zero-order valence-electron chi connectivity index (χ0n) is 10.5. The first-order valence-electron chi connectivity index (χ1n) is 6.37. The van der Waals surface area contributed by atoms with Crippen LogP contribution in [-0.2, 0) is 0 Å². The van der Waals surface area contributed by atoms with E-state index in [4.69, 9.17) is 11.6 Å².